The van der Waals surface area contributed by atoms with Crippen molar-refractivity contribution in [2.24, 2.45) is 5.92 Å². The minimum absolute atomic E-state index is 0.0412. The summed E-state index contributed by atoms with van der Waals surface area (Å²) in [6.07, 6.45) is 0.384. The third kappa shape index (κ3) is 4.29. The molecule has 0 bridgehead atoms. The van der Waals surface area contributed by atoms with Gasteiger partial charge in [-0.15, -0.1) is 0 Å². The van der Waals surface area contributed by atoms with Crippen LogP contribution < -0.4 is 26.8 Å². The maximum Gasteiger partial charge on any atom is 0.303 e. The maximum absolute atomic E-state index is 12.5. The van der Waals surface area contributed by atoms with Gasteiger partial charge in [0.15, 0.2) is 0 Å². The van der Waals surface area contributed by atoms with Gasteiger partial charge in [0.2, 0.25) is 0 Å². The molecule has 6 N–H and O–H groups in total. The van der Waals surface area contributed by atoms with Crippen LogP contribution in [0.1, 0.15) is 34.7 Å². The number of aldehydes is 1. The molecule has 0 radical (unpaired) electrons. The summed E-state index contributed by atoms with van der Waals surface area (Å²) in [4.78, 5) is 51.6. The van der Waals surface area contributed by atoms with E-state index in [1.54, 1.807) is 18.2 Å². The predicted molar refractivity (Wildman–Crippen MR) is 119 cm³/mol. The van der Waals surface area contributed by atoms with Gasteiger partial charge in [0.05, 0.1) is 6.04 Å². The fourth-order valence-corrected chi connectivity index (χ4v) is 4.49. The second-order valence-corrected chi connectivity index (χ2v) is 8.23. The average molecular weight is 439 g/mol. The number of hydrogen-bond donors (Lipinski definition) is 5. The van der Waals surface area contributed by atoms with Crippen molar-refractivity contribution in [1.82, 2.24) is 10.3 Å². The second-order valence-electron chi connectivity index (χ2n) is 8.23. The molecule has 0 spiro atoms. The Morgan fingerprint density at radius 2 is 2.03 bits per heavy atom. The van der Waals surface area contributed by atoms with Gasteiger partial charge in [-0.05, 0) is 30.7 Å². The van der Waals surface area contributed by atoms with Crippen LogP contribution in [0.2, 0.25) is 0 Å². The van der Waals surface area contributed by atoms with Gasteiger partial charge in [0.25, 0.3) is 11.5 Å². The number of benzene rings is 1. The Morgan fingerprint density at radius 3 is 2.72 bits per heavy atom. The van der Waals surface area contributed by atoms with E-state index in [9.17, 15) is 19.2 Å². The van der Waals surface area contributed by atoms with Crippen molar-refractivity contribution < 1.29 is 19.5 Å². The lowest BCUT2D eigenvalue weighted by Gasteiger charge is -2.27. The smallest absolute Gasteiger partial charge is 0.303 e. The van der Waals surface area contributed by atoms with E-state index in [2.05, 4.69) is 20.5 Å². The number of aliphatic carboxylic acids is 1. The predicted octanol–water partition coefficient (Wildman–Crippen LogP) is 0.765. The van der Waals surface area contributed by atoms with Gasteiger partial charge in [0, 0.05) is 66.5 Å². The van der Waals surface area contributed by atoms with Gasteiger partial charge in [-0.2, -0.15) is 0 Å². The van der Waals surface area contributed by atoms with Crippen LogP contribution in [0.5, 0.6) is 0 Å². The summed E-state index contributed by atoms with van der Waals surface area (Å²) in [5.41, 5.74) is 8.43. The summed E-state index contributed by atoms with van der Waals surface area (Å²) in [5, 5.41) is 14.6. The van der Waals surface area contributed by atoms with Crippen LogP contribution in [0.15, 0.2) is 35.1 Å². The Balaban J connectivity index is 1.44. The lowest BCUT2D eigenvalue weighted by molar-refractivity contribution is -0.137. The molecular formula is C22H25N5O5. The van der Waals surface area contributed by atoms with Crippen LogP contribution in [-0.4, -0.2) is 53.9 Å². The van der Waals surface area contributed by atoms with Crippen LogP contribution in [0, 0.1) is 5.92 Å². The molecule has 1 fully saturated rings. The highest BCUT2D eigenvalue weighted by Gasteiger charge is 2.39. The Labute approximate surface area is 183 Å². The molecule has 0 unspecified atom stereocenters. The number of fused-ring (bicyclic) bond motifs is 3. The molecule has 3 heterocycles. The van der Waals surface area contributed by atoms with E-state index < -0.39 is 17.9 Å². The van der Waals surface area contributed by atoms with E-state index >= 15 is 0 Å². The largest absolute Gasteiger partial charge is 0.481 e. The number of aromatic amines is 1. The molecule has 2 aliphatic heterocycles. The Bertz CT molecular complexity index is 1100. The summed E-state index contributed by atoms with van der Waals surface area (Å²) in [6, 6.07) is 7.92. The lowest BCUT2D eigenvalue weighted by Crippen LogP contribution is -2.36. The topological polar surface area (TPSA) is 158 Å². The van der Waals surface area contributed by atoms with Crippen molar-refractivity contribution in [3.63, 3.8) is 0 Å². The van der Waals surface area contributed by atoms with Gasteiger partial charge < -0.3 is 36.2 Å². The van der Waals surface area contributed by atoms with E-state index in [-0.39, 0.29) is 30.2 Å². The average Bonchev–Trinajstić information content (AvgIpc) is 3.20. The molecular weight excluding hydrogens is 414 g/mol. The number of nitrogens with zero attached hydrogens (tertiary/aromatic N) is 1. The number of aromatic nitrogens is 1. The first kappa shape index (κ1) is 21.4. The van der Waals surface area contributed by atoms with E-state index in [4.69, 9.17) is 10.8 Å². The number of nitrogens with two attached hydrogens (primary N) is 1. The summed E-state index contributed by atoms with van der Waals surface area (Å²) in [5.74, 6) is -0.761. The van der Waals surface area contributed by atoms with Crippen LogP contribution in [0.3, 0.4) is 0 Å². The summed E-state index contributed by atoms with van der Waals surface area (Å²) in [6.45, 7) is 2.20. The monoisotopic (exact) mass is 439 g/mol. The maximum atomic E-state index is 12.5. The number of carbonyl (C=O) groups is 3. The number of nitrogens with one attached hydrogen (secondary N) is 3. The molecule has 10 nitrogen and oxygen atoms in total. The first-order chi connectivity index (χ1) is 15.4. The molecule has 32 heavy (non-hydrogen) atoms. The highest BCUT2D eigenvalue weighted by Crippen LogP contribution is 2.40. The fraction of sp³-hybridized carbons (Fsp3) is 0.364. The third-order valence-corrected chi connectivity index (χ3v) is 6.10. The molecule has 1 saturated heterocycles. The number of hydrogen-bond acceptors (Lipinski definition) is 7. The number of anilines is 3. The summed E-state index contributed by atoms with van der Waals surface area (Å²) in [7, 11) is 0. The Kier molecular flexibility index (Phi) is 5.85. The van der Waals surface area contributed by atoms with E-state index in [0.717, 1.165) is 30.0 Å². The molecule has 1 amide bonds. The first-order valence-corrected chi connectivity index (χ1v) is 10.4. The number of nitrogen functional groups attached to an aromatic ring is 1. The molecule has 3 atom stereocenters. The molecule has 1 aromatic carbocycles. The van der Waals surface area contributed by atoms with Crippen LogP contribution >= 0.6 is 0 Å². The Morgan fingerprint density at radius 1 is 1.28 bits per heavy atom. The molecule has 0 saturated carbocycles. The highest BCUT2D eigenvalue weighted by atomic mass is 16.4. The third-order valence-electron chi connectivity index (χ3n) is 6.10. The Hall–Kier alpha value is -3.82. The van der Waals surface area contributed by atoms with Crippen molar-refractivity contribution in [2.45, 2.75) is 24.8 Å². The standard InChI is InChI=1S/C22H25N5O5/c23-18-7-17-20(22(32)26-18)16-10-27(9-13(16)8-24-17)15-4-1-12(2-5-15)21(31)25-14(11-28)3-6-19(29)30/h1-2,4-5,7,11,13-14,16,24H,3,6,8-10H2,(H,25,31)(H,29,30)(H3,23,26,32)/t13-,14-,16+/m0/s1. The summed E-state index contributed by atoms with van der Waals surface area (Å²) < 4.78 is 0. The van der Waals surface area contributed by atoms with Crippen LogP contribution in [0.4, 0.5) is 17.2 Å². The fourth-order valence-electron chi connectivity index (χ4n) is 4.49. The lowest BCUT2D eigenvalue weighted by atomic mass is 9.85. The quantitative estimate of drug-likeness (QED) is 0.396. The molecule has 0 aliphatic carbocycles. The van der Waals surface area contributed by atoms with Gasteiger partial charge in [-0.3, -0.25) is 14.4 Å². The number of carbonyl (C=O) groups excluding carboxylic acids is 2. The molecule has 4 rings (SSSR count). The number of amides is 1. The number of H-pyrrole nitrogens is 1. The van der Waals surface area contributed by atoms with Crippen molar-refractivity contribution in [2.75, 3.05) is 35.6 Å². The number of rotatable bonds is 7. The zero-order valence-corrected chi connectivity index (χ0v) is 17.3. The van der Waals surface area contributed by atoms with Gasteiger partial charge in [-0.1, -0.05) is 0 Å². The van der Waals surface area contributed by atoms with Crippen molar-refractivity contribution >= 4 is 35.4 Å². The number of carboxylic acid groups (broad SMARTS) is 1. The zero-order valence-electron chi connectivity index (χ0n) is 17.3. The van der Waals surface area contributed by atoms with Crippen LogP contribution in [-0.2, 0) is 9.59 Å². The van der Waals surface area contributed by atoms with Gasteiger partial charge in [0.1, 0.15) is 12.1 Å². The van der Waals surface area contributed by atoms with E-state index in [0.29, 0.717) is 24.2 Å². The van der Waals surface area contributed by atoms with Crippen LogP contribution in [0.25, 0.3) is 0 Å². The van der Waals surface area contributed by atoms with Gasteiger partial charge in [-0.25, -0.2) is 0 Å². The minimum atomic E-state index is -1.02. The normalized spacial score (nSPS) is 19.9. The molecule has 168 valence electrons. The second kappa shape index (κ2) is 8.74. The van der Waals surface area contributed by atoms with Crippen molar-refractivity contribution in [1.29, 1.82) is 0 Å². The van der Waals surface area contributed by atoms with E-state index in [1.165, 1.54) is 0 Å². The zero-order chi connectivity index (χ0) is 22.8. The summed E-state index contributed by atoms with van der Waals surface area (Å²) >= 11 is 0. The number of pyridine rings is 1. The highest BCUT2D eigenvalue weighted by molar-refractivity contribution is 5.96. The minimum Gasteiger partial charge on any atom is -0.481 e. The number of carboxylic acids is 1. The van der Waals surface area contributed by atoms with Crippen molar-refractivity contribution in [3.05, 3.63) is 51.8 Å². The van der Waals surface area contributed by atoms with Gasteiger partial charge >= 0.3 is 5.97 Å². The molecule has 2 aromatic rings. The first-order valence-electron chi connectivity index (χ1n) is 10.4. The molecule has 2 aliphatic rings. The molecule has 10 heteroatoms. The molecule has 1 aromatic heterocycles. The SMILES string of the molecule is Nc1cc2c(c(=O)[nH]1)[C@@H]1CN(c3ccc(C(=O)N[C@H](C=O)CCC(=O)O)cc3)C[C@@H]1CN2. The van der Waals surface area contributed by atoms with E-state index in [1.807, 2.05) is 12.1 Å². The van der Waals surface area contributed by atoms with Crippen molar-refractivity contribution in [3.8, 4) is 0 Å².